The van der Waals surface area contributed by atoms with Crippen LogP contribution in [0.2, 0.25) is 0 Å². The third-order valence-corrected chi connectivity index (χ3v) is 3.89. The molecule has 3 rings (SSSR count). The second kappa shape index (κ2) is 8.75. The van der Waals surface area contributed by atoms with Gasteiger partial charge >= 0.3 is 0 Å². The molecule has 0 radical (unpaired) electrons. The molecule has 0 aliphatic carbocycles. The molecule has 0 fully saturated rings. The van der Waals surface area contributed by atoms with Crippen molar-refractivity contribution < 1.29 is 14.1 Å². The molecule has 138 valence electrons. The van der Waals surface area contributed by atoms with Gasteiger partial charge in [0.2, 0.25) is 0 Å². The van der Waals surface area contributed by atoms with Crippen LogP contribution in [-0.4, -0.2) is 28.5 Å². The van der Waals surface area contributed by atoms with Gasteiger partial charge in [0.05, 0.1) is 0 Å². The largest absolute Gasteiger partial charge is 0.360 e. The van der Waals surface area contributed by atoms with Crippen LogP contribution in [0, 0.1) is 6.92 Å². The number of pyridine rings is 1. The van der Waals surface area contributed by atoms with Crippen molar-refractivity contribution in [2.75, 3.05) is 11.9 Å². The van der Waals surface area contributed by atoms with Crippen molar-refractivity contribution in [3.05, 3.63) is 77.3 Å². The number of nitrogens with one attached hydrogen (secondary N) is 2. The minimum absolute atomic E-state index is 0.132. The van der Waals surface area contributed by atoms with Crippen LogP contribution in [0.1, 0.15) is 38.6 Å². The number of nitrogens with zero attached hydrogens (tertiary/aromatic N) is 2. The van der Waals surface area contributed by atoms with Gasteiger partial charge in [-0.1, -0.05) is 35.5 Å². The molecule has 0 aliphatic heterocycles. The number of amides is 2. The molecular formula is C20H20N4O3. The van der Waals surface area contributed by atoms with E-state index in [2.05, 4.69) is 32.9 Å². The van der Waals surface area contributed by atoms with Crippen LogP contribution in [-0.2, 0) is 6.42 Å². The second-order valence-electron chi connectivity index (χ2n) is 6.05. The topological polar surface area (TPSA) is 97.1 Å². The van der Waals surface area contributed by atoms with Crippen molar-refractivity contribution in [3.63, 3.8) is 0 Å². The quantitative estimate of drug-likeness (QED) is 0.628. The zero-order valence-electron chi connectivity index (χ0n) is 14.9. The predicted octanol–water partition coefficient (Wildman–Crippen LogP) is 2.99. The van der Waals surface area contributed by atoms with E-state index in [1.807, 2.05) is 18.2 Å². The lowest BCUT2D eigenvalue weighted by Gasteiger charge is -2.07. The summed E-state index contributed by atoms with van der Waals surface area (Å²) >= 11 is 0. The maximum atomic E-state index is 12.3. The number of aromatic nitrogens is 2. The Kier molecular flexibility index (Phi) is 5.94. The summed E-state index contributed by atoms with van der Waals surface area (Å²) in [4.78, 5) is 28.5. The molecule has 0 saturated carbocycles. The molecule has 7 nitrogen and oxygen atoms in total. The molecule has 3 aromatic rings. The summed E-state index contributed by atoms with van der Waals surface area (Å²) in [5.74, 6) is 0.191. The van der Waals surface area contributed by atoms with E-state index in [1.165, 1.54) is 17.8 Å². The van der Waals surface area contributed by atoms with E-state index in [-0.39, 0.29) is 11.6 Å². The van der Waals surface area contributed by atoms with Crippen molar-refractivity contribution in [1.82, 2.24) is 15.5 Å². The molecule has 2 aromatic heterocycles. The first-order valence-corrected chi connectivity index (χ1v) is 8.64. The normalized spacial score (nSPS) is 10.4. The van der Waals surface area contributed by atoms with Crippen LogP contribution >= 0.6 is 0 Å². The minimum atomic E-state index is -0.456. The zero-order chi connectivity index (χ0) is 19.1. The van der Waals surface area contributed by atoms with Crippen LogP contribution in [0.3, 0.4) is 0 Å². The average Bonchev–Trinajstić information content (AvgIpc) is 3.10. The first-order valence-electron chi connectivity index (χ1n) is 8.64. The van der Waals surface area contributed by atoms with E-state index < -0.39 is 5.91 Å². The lowest BCUT2D eigenvalue weighted by molar-refractivity contribution is 0.0953. The highest BCUT2D eigenvalue weighted by Crippen LogP contribution is 2.10. The van der Waals surface area contributed by atoms with Crippen LogP contribution < -0.4 is 10.6 Å². The van der Waals surface area contributed by atoms with Gasteiger partial charge < -0.3 is 15.2 Å². The number of carbonyl (C=O) groups is 2. The van der Waals surface area contributed by atoms with Gasteiger partial charge in [0, 0.05) is 24.4 Å². The number of rotatable bonds is 7. The number of benzene rings is 1. The first kappa shape index (κ1) is 18.3. The number of aryl methyl sites for hydroxylation is 2. The second-order valence-corrected chi connectivity index (χ2v) is 6.05. The Labute approximate surface area is 156 Å². The molecule has 0 aliphatic rings. The van der Waals surface area contributed by atoms with Crippen LogP contribution in [0.15, 0.2) is 59.3 Å². The molecule has 1 aromatic carbocycles. The van der Waals surface area contributed by atoms with E-state index in [0.29, 0.717) is 23.7 Å². The van der Waals surface area contributed by atoms with Crippen molar-refractivity contribution in [2.24, 2.45) is 0 Å². The highest BCUT2D eigenvalue weighted by Gasteiger charge is 2.13. The summed E-state index contributed by atoms with van der Waals surface area (Å²) in [5.41, 5.74) is 1.75. The van der Waals surface area contributed by atoms with Crippen LogP contribution in [0.5, 0.6) is 0 Å². The Bertz CT molecular complexity index is 922. The Morgan fingerprint density at radius 2 is 1.89 bits per heavy atom. The molecule has 7 heteroatoms. The van der Waals surface area contributed by atoms with E-state index in [4.69, 9.17) is 4.52 Å². The van der Waals surface area contributed by atoms with Gasteiger partial charge in [-0.05, 0) is 37.5 Å². The first-order chi connectivity index (χ1) is 13.1. The molecule has 2 amide bonds. The highest BCUT2D eigenvalue weighted by molar-refractivity contribution is 6.04. The van der Waals surface area contributed by atoms with E-state index in [0.717, 1.165) is 12.8 Å². The maximum Gasteiger partial charge on any atom is 0.275 e. The minimum Gasteiger partial charge on any atom is -0.360 e. The molecule has 27 heavy (non-hydrogen) atoms. The van der Waals surface area contributed by atoms with Gasteiger partial charge in [0.15, 0.2) is 5.82 Å². The zero-order valence-corrected chi connectivity index (χ0v) is 14.9. The van der Waals surface area contributed by atoms with Crippen LogP contribution in [0.25, 0.3) is 0 Å². The van der Waals surface area contributed by atoms with Gasteiger partial charge in [0.25, 0.3) is 11.8 Å². The third kappa shape index (κ3) is 5.24. The lowest BCUT2D eigenvalue weighted by Crippen LogP contribution is -2.25. The smallest absolute Gasteiger partial charge is 0.275 e. The van der Waals surface area contributed by atoms with Crippen molar-refractivity contribution in [3.8, 4) is 0 Å². The van der Waals surface area contributed by atoms with Crippen molar-refractivity contribution in [1.29, 1.82) is 0 Å². The van der Waals surface area contributed by atoms with Gasteiger partial charge in [-0.2, -0.15) is 0 Å². The summed E-state index contributed by atoms with van der Waals surface area (Å²) in [7, 11) is 0. The summed E-state index contributed by atoms with van der Waals surface area (Å²) < 4.78 is 4.90. The Balaban J connectivity index is 1.52. The van der Waals surface area contributed by atoms with Gasteiger partial charge in [-0.3, -0.25) is 14.6 Å². The Morgan fingerprint density at radius 1 is 1.07 bits per heavy atom. The van der Waals surface area contributed by atoms with E-state index in [1.54, 1.807) is 19.1 Å². The molecular weight excluding hydrogens is 344 g/mol. The molecule has 0 unspecified atom stereocenters. The SMILES string of the molecule is Cc1cc(NC(=O)c2cc(C(=O)NCCCc3ccccc3)ccn2)no1. The van der Waals surface area contributed by atoms with Crippen molar-refractivity contribution in [2.45, 2.75) is 19.8 Å². The van der Waals surface area contributed by atoms with Gasteiger partial charge in [-0.15, -0.1) is 0 Å². The summed E-state index contributed by atoms with van der Waals surface area (Å²) in [6.45, 7) is 2.28. The number of carbonyl (C=O) groups excluding carboxylic acids is 2. The number of hydrogen-bond acceptors (Lipinski definition) is 5. The summed E-state index contributed by atoms with van der Waals surface area (Å²) in [5, 5.41) is 9.14. The predicted molar refractivity (Wildman–Crippen MR) is 101 cm³/mol. The molecule has 2 heterocycles. The molecule has 2 N–H and O–H groups in total. The van der Waals surface area contributed by atoms with E-state index in [9.17, 15) is 9.59 Å². The van der Waals surface area contributed by atoms with Gasteiger partial charge in [0.1, 0.15) is 11.5 Å². The standard InChI is InChI=1S/C20H20N4O3/c1-14-12-18(24-27-14)23-20(26)17-13-16(9-11-21-17)19(25)22-10-5-8-15-6-3-2-4-7-15/h2-4,6-7,9,11-13H,5,8,10H2,1H3,(H,22,25)(H,23,24,26). The highest BCUT2D eigenvalue weighted by atomic mass is 16.5. The third-order valence-electron chi connectivity index (χ3n) is 3.89. The fraction of sp³-hybridized carbons (Fsp3) is 0.200. The van der Waals surface area contributed by atoms with Gasteiger partial charge in [-0.25, -0.2) is 0 Å². The Morgan fingerprint density at radius 3 is 2.63 bits per heavy atom. The number of hydrogen-bond donors (Lipinski definition) is 2. The average molecular weight is 364 g/mol. The molecule has 0 spiro atoms. The summed E-state index contributed by atoms with van der Waals surface area (Å²) in [6.07, 6.45) is 3.16. The fourth-order valence-electron chi connectivity index (χ4n) is 2.54. The Hall–Kier alpha value is -3.48. The monoisotopic (exact) mass is 364 g/mol. The molecule has 0 saturated heterocycles. The summed E-state index contributed by atoms with van der Waals surface area (Å²) in [6, 6.07) is 14.7. The van der Waals surface area contributed by atoms with Crippen molar-refractivity contribution >= 4 is 17.6 Å². The maximum absolute atomic E-state index is 12.3. The number of anilines is 1. The lowest BCUT2D eigenvalue weighted by atomic mass is 10.1. The molecule has 0 atom stereocenters. The fourth-order valence-corrected chi connectivity index (χ4v) is 2.54. The van der Waals surface area contributed by atoms with E-state index >= 15 is 0 Å². The van der Waals surface area contributed by atoms with Crippen LogP contribution in [0.4, 0.5) is 5.82 Å². The molecule has 0 bridgehead atoms.